The van der Waals surface area contributed by atoms with Gasteiger partial charge >= 0.3 is 0 Å². The number of nitrogens with two attached hydrogens (primary N) is 1. The first-order valence-corrected chi connectivity index (χ1v) is 5.82. The lowest BCUT2D eigenvalue weighted by Gasteiger charge is -2.05. The zero-order valence-electron chi connectivity index (χ0n) is 10.4. The van der Waals surface area contributed by atoms with Gasteiger partial charge in [0.2, 0.25) is 11.8 Å². The van der Waals surface area contributed by atoms with Gasteiger partial charge in [-0.25, -0.2) is 0 Å². The second-order valence-electron chi connectivity index (χ2n) is 3.77. The number of nitrogen functional groups attached to an aromatic ring is 1. The molecule has 0 saturated carbocycles. The van der Waals surface area contributed by atoms with Gasteiger partial charge in [-0.2, -0.15) is 4.98 Å². The smallest absolute Gasteiger partial charge is 0.239 e. The number of aromatic nitrogens is 2. The Kier molecular flexibility index (Phi) is 5.32. The Balaban J connectivity index is 2.74. The molecule has 6 heteroatoms. The Morgan fingerprint density at radius 3 is 2.88 bits per heavy atom. The lowest BCUT2D eigenvalue weighted by Crippen LogP contribution is -2.23. The Hall–Kier alpha value is -1.72. The summed E-state index contributed by atoms with van der Waals surface area (Å²) in [7, 11) is 1.49. The molecule has 0 aliphatic carbocycles. The van der Waals surface area contributed by atoms with Crippen molar-refractivity contribution in [3.63, 3.8) is 0 Å². The van der Waals surface area contributed by atoms with E-state index >= 15 is 0 Å². The molecule has 1 rings (SSSR count). The van der Waals surface area contributed by atoms with Crippen LogP contribution >= 0.6 is 0 Å². The van der Waals surface area contributed by atoms with Gasteiger partial charge in [-0.15, -0.1) is 4.73 Å². The highest BCUT2D eigenvalue weighted by Crippen LogP contribution is 2.03. The first kappa shape index (κ1) is 13.3. The monoisotopic (exact) mass is 240 g/mol. The van der Waals surface area contributed by atoms with Crippen LogP contribution in [0.1, 0.15) is 32.6 Å². The molecule has 0 fully saturated rings. The summed E-state index contributed by atoms with van der Waals surface area (Å²) in [5, 5.41) is 9.60. The zero-order valence-corrected chi connectivity index (χ0v) is 10.4. The highest BCUT2D eigenvalue weighted by Gasteiger charge is 2.02. The molecule has 0 aliphatic heterocycles. The SMILES string of the molecule is CCCCCCN=c1cc(OC)nc(N)n1O. The molecule has 96 valence electrons. The normalized spacial score (nSPS) is 11.8. The van der Waals surface area contributed by atoms with Gasteiger partial charge in [-0.3, -0.25) is 4.99 Å². The number of anilines is 1. The van der Waals surface area contributed by atoms with Crippen molar-refractivity contribution in [2.75, 3.05) is 19.4 Å². The molecule has 0 atom stereocenters. The summed E-state index contributed by atoms with van der Waals surface area (Å²) < 4.78 is 5.73. The number of unbranched alkanes of at least 4 members (excludes halogenated alkanes) is 3. The van der Waals surface area contributed by atoms with Crippen molar-refractivity contribution in [3.05, 3.63) is 11.6 Å². The number of methoxy groups -OCH3 is 1. The van der Waals surface area contributed by atoms with Crippen LogP contribution in [0.15, 0.2) is 11.1 Å². The van der Waals surface area contributed by atoms with Gasteiger partial charge in [0.05, 0.1) is 7.11 Å². The number of rotatable bonds is 6. The van der Waals surface area contributed by atoms with Gasteiger partial charge in [-0.05, 0) is 6.42 Å². The molecule has 0 bridgehead atoms. The van der Waals surface area contributed by atoms with Crippen LogP contribution in [0.5, 0.6) is 5.88 Å². The molecule has 0 aliphatic rings. The van der Waals surface area contributed by atoms with Crippen LogP contribution in [-0.4, -0.2) is 28.6 Å². The van der Waals surface area contributed by atoms with Crippen molar-refractivity contribution in [2.24, 2.45) is 4.99 Å². The molecule has 17 heavy (non-hydrogen) atoms. The van der Waals surface area contributed by atoms with E-state index in [1.807, 2.05) is 0 Å². The molecule has 3 N–H and O–H groups in total. The van der Waals surface area contributed by atoms with E-state index < -0.39 is 0 Å². The third-order valence-electron chi connectivity index (χ3n) is 2.41. The summed E-state index contributed by atoms with van der Waals surface area (Å²) in [6.07, 6.45) is 4.54. The molecule has 0 spiro atoms. The Labute approximate surface area is 101 Å². The highest BCUT2D eigenvalue weighted by atomic mass is 16.5. The van der Waals surface area contributed by atoms with Crippen LogP contribution in [0.25, 0.3) is 0 Å². The van der Waals surface area contributed by atoms with Gasteiger partial charge in [0, 0.05) is 12.6 Å². The second kappa shape index (κ2) is 6.78. The highest BCUT2D eigenvalue weighted by molar-refractivity contribution is 5.21. The Morgan fingerprint density at radius 1 is 1.47 bits per heavy atom. The summed E-state index contributed by atoms with van der Waals surface area (Å²) in [5.41, 5.74) is 5.88. The largest absolute Gasteiger partial charge is 0.481 e. The third-order valence-corrected chi connectivity index (χ3v) is 2.41. The minimum Gasteiger partial charge on any atom is -0.481 e. The maximum atomic E-state index is 9.60. The fourth-order valence-electron chi connectivity index (χ4n) is 1.43. The average molecular weight is 240 g/mol. The summed E-state index contributed by atoms with van der Waals surface area (Å²) >= 11 is 0. The summed E-state index contributed by atoms with van der Waals surface area (Å²) in [5.74, 6) is 0.316. The van der Waals surface area contributed by atoms with E-state index in [1.54, 1.807) is 6.07 Å². The second-order valence-corrected chi connectivity index (χ2v) is 3.77. The molecular weight excluding hydrogens is 220 g/mol. The van der Waals surface area contributed by atoms with Gasteiger partial charge in [0.1, 0.15) is 0 Å². The molecule has 0 unspecified atom stereocenters. The molecule has 1 aromatic heterocycles. The van der Waals surface area contributed by atoms with Crippen LogP contribution in [0, 0.1) is 0 Å². The minimum atomic E-state index is -0.0309. The third kappa shape index (κ3) is 3.97. The van der Waals surface area contributed by atoms with E-state index in [9.17, 15) is 5.21 Å². The fourth-order valence-corrected chi connectivity index (χ4v) is 1.43. The molecule has 0 aromatic carbocycles. The van der Waals surface area contributed by atoms with Crippen molar-refractivity contribution in [1.29, 1.82) is 0 Å². The van der Waals surface area contributed by atoms with Gasteiger partial charge in [0.15, 0.2) is 5.49 Å². The van der Waals surface area contributed by atoms with Gasteiger partial charge in [0.25, 0.3) is 0 Å². The van der Waals surface area contributed by atoms with E-state index in [0.717, 1.165) is 17.6 Å². The van der Waals surface area contributed by atoms with E-state index in [1.165, 1.54) is 20.0 Å². The van der Waals surface area contributed by atoms with E-state index in [0.29, 0.717) is 17.9 Å². The Morgan fingerprint density at radius 2 is 2.24 bits per heavy atom. The van der Waals surface area contributed by atoms with Crippen LogP contribution in [0.4, 0.5) is 5.95 Å². The van der Waals surface area contributed by atoms with E-state index in [-0.39, 0.29) is 5.95 Å². The predicted molar refractivity (Wildman–Crippen MR) is 64.9 cm³/mol. The van der Waals surface area contributed by atoms with E-state index in [2.05, 4.69) is 16.9 Å². The van der Waals surface area contributed by atoms with Crippen LogP contribution in [-0.2, 0) is 0 Å². The van der Waals surface area contributed by atoms with Crippen molar-refractivity contribution in [1.82, 2.24) is 9.71 Å². The number of nitrogens with zero attached hydrogens (tertiary/aromatic N) is 3. The van der Waals surface area contributed by atoms with Gasteiger partial charge in [-0.1, -0.05) is 26.2 Å². The molecule has 0 radical (unpaired) electrons. The van der Waals surface area contributed by atoms with E-state index in [4.69, 9.17) is 10.5 Å². The van der Waals surface area contributed by atoms with Crippen molar-refractivity contribution >= 4 is 5.95 Å². The standard InChI is InChI=1S/C11H20N4O2/c1-3-4-5-6-7-13-9-8-10(17-2)14-11(12)15(9)16/h8,16H,3-7H2,1-2H3,(H2,12,14). The molecule has 6 nitrogen and oxygen atoms in total. The first-order valence-electron chi connectivity index (χ1n) is 5.82. The van der Waals surface area contributed by atoms with Crippen LogP contribution in [0.2, 0.25) is 0 Å². The fraction of sp³-hybridized carbons (Fsp3) is 0.636. The number of hydrogen-bond donors (Lipinski definition) is 2. The topological polar surface area (TPSA) is 85.7 Å². The van der Waals surface area contributed by atoms with Crippen molar-refractivity contribution in [3.8, 4) is 5.88 Å². The molecule has 1 aromatic rings. The maximum absolute atomic E-state index is 9.60. The lowest BCUT2D eigenvalue weighted by molar-refractivity contribution is 0.173. The van der Waals surface area contributed by atoms with Crippen molar-refractivity contribution in [2.45, 2.75) is 32.6 Å². The van der Waals surface area contributed by atoms with Crippen molar-refractivity contribution < 1.29 is 9.94 Å². The molecule has 0 saturated heterocycles. The number of ether oxygens (including phenoxy) is 1. The molecule has 1 heterocycles. The molecule has 0 amide bonds. The van der Waals surface area contributed by atoms with Crippen LogP contribution < -0.4 is 16.0 Å². The molecular formula is C11H20N4O2. The quantitative estimate of drug-likeness (QED) is 0.577. The lowest BCUT2D eigenvalue weighted by atomic mass is 10.2. The predicted octanol–water partition coefficient (Wildman–Crippen LogP) is 1.19. The number of hydrogen-bond acceptors (Lipinski definition) is 5. The minimum absolute atomic E-state index is 0.0309. The average Bonchev–Trinajstić information content (AvgIpc) is 2.33. The first-order chi connectivity index (χ1) is 8.19. The summed E-state index contributed by atoms with van der Waals surface area (Å²) in [6, 6.07) is 1.55. The summed E-state index contributed by atoms with van der Waals surface area (Å²) in [6.45, 7) is 2.82. The maximum Gasteiger partial charge on any atom is 0.239 e. The Bertz CT molecular complexity index is 414. The van der Waals surface area contributed by atoms with Gasteiger partial charge < -0.3 is 15.7 Å². The zero-order chi connectivity index (χ0) is 12.7. The van der Waals surface area contributed by atoms with Crippen LogP contribution in [0.3, 0.4) is 0 Å². The summed E-state index contributed by atoms with van der Waals surface area (Å²) in [4.78, 5) is 8.08.